The van der Waals surface area contributed by atoms with Gasteiger partial charge in [-0.15, -0.1) is 0 Å². The van der Waals surface area contributed by atoms with Gasteiger partial charge in [-0.3, -0.25) is 9.48 Å². The molecule has 0 aliphatic carbocycles. The molecule has 1 heterocycles. The molecule has 0 aliphatic rings. The number of nitrogens with zero attached hydrogens (tertiary/aromatic N) is 2. The van der Waals surface area contributed by atoms with Gasteiger partial charge in [0, 0.05) is 6.04 Å². The maximum Gasteiger partial charge on any atom is 0.215 e. The number of carbonyl (C=O) groups excluding carboxylic acids is 1. The minimum Gasteiger partial charge on any atom is -0.287 e. The third-order valence-electron chi connectivity index (χ3n) is 2.71. The van der Waals surface area contributed by atoms with E-state index in [9.17, 15) is 13.6 Å². The maximum atomic E-state index is 13.8. The number of carbonyl (C=O) groups is 1. The van der Waals surface area contributed by atoms with E-state index in [-0.39, 0.29) is 21.8 Å². The van der Waals surface area contributed by atoms with Crippen molar-refractivity contribution < 1.29 is 13.6 Å². The molecule has 7 heteroatoms. The van der Waals surface area contributed by atoms with Crippen molar-refractivity contribution in [3.8, 4) is 0 Å². The first kappa shape index (κ1) is 14.9. The van der Waals surface area contributed by atoms with Crippen LogP contribution in [0.25, 0.3) is 0 Å². The number of ketones is 1. The molecule has 106 valence electrons. The molecular formula is C13H10Cl2F2N2O. The fraction of sp³-hybridized carbons (Fsp3) is 0.231. The maximum absolute atomic E-state index is 13.8. The van der Waals surface area contributed by atoms with Crippen LogP contribution in [0, 0.1) is 11.6 Å². The molecule has 0 radical (unpaired) electrons. The summed E-state index contributed by atoms with van der Waals surface area (Å²) < 4.78 is 28.6. The van der Waals surface area contributed by atoms with Crippen LogP contribution in [0.5, 0.6) is 0 Å². The van der Waals surface area contributed by atoms with Gasteiger partial charge < -0.3 is 0 Å². The Kier molecular flexibility index (Phi) is 4.11. The molecule has 0 unspecified atom stereocenters. The Hall–Kier alpha value is -1.46. The number of halogens is 4. The Morgan fingerprint density at radius 3 is 2.45 bits per heavy atom. The van der Waals surface area contributed by atoms with E-state index in [1.807, 2.05) is 0 Å². The first-order chi connectivity index (χ1) is 9.32. The Morgan fingerprint density at radius 1 is 1.20 bits per heavy atom. The highest BCUT2D eigenvalue weighted by Crippen LogP contribution is 2.26. The molecule has 2 aromatic rings. The summed E-state index contributed by atoms with van der Waals surface area (Å²) >= 11 is 11.4. The normalized spacial score (nSPS) is 11.2. The number of hydrogen-bond acceptors (Lipinski definition) is 2. The molecule has 0 saturated carbocycles. The molecular weight excluding hydrogens is 309 g/mol. The van der Waals surface area contributed by atoms with Gasteiger partial charge in [0.15, 0.2) is 0 Å². The zero-order valence-electron chi connectivity index (χ0n) is 10.6. The molecule has 0 saturated heterocycles. The second kappa shape index (κ2) is 5.50. The Balaban J connectivity index is 2.58. The molecule has 0 atom stereocenters. The molecule has 1 aromatic heterocycles. The number of benzene rings is 1. The predicted molar refractivity (Wildman–Crippen MR) is 72.4 cm³/mol. The average Bonchev–Trinajstić information content (AvgIpc) is 2.75. The van der Waals surface area contributed by atoms with Crippen molar-refractivity contribution in [3.05, 3.63) is 51.3 Å². The fourth-order valence-corrected chi connectivity index (χ4v) is 2.14. The Morgan fingerprint density at radius 2 is 1.85 bits per heavy atom. The summed E-state index contributed by atoms with van der Waals surface area (Å²) in [5, 5.41) is 3.65. The highest BCUT2D eigenvalue weighted by molar-refractivity contribution is 6.34. The minimum absolute atomic E-state index is 0.0160. The molecule has 0 fully saturated rings. The standard InChI is InChI=1S/C13H10Cl2F2N2O/c1-6(2)19-12(9(15)5-18-19)13(20)7-3-11(17)8(14)4-10(7)16/h3-6H,1-2H3. The van der Waals surface area contributed by atoms with Crippen molar-refractivity contribution in [2.75, 3.05) is 0 Å². The van der Waals surface area contributed by atoms with E-state index >= 15 is 0 Å². The largest absolute Gasteiger partial charge is 0.287 e. The molecule has 1 aromatic carbocycles. The SMILES string of the molecule is CC(C)n1ncc(Cl)c1C(=O)c1cc(F)c(Cl)cc1F. The van der Waals surface area contributed by atoms with Gasteiger partial charge in [0.2, 0.25) is 5.78 Å². The predicted octanol–water partition coefficient (Wildman–Crippen LogP) is 4.28. The first-order valence-corrected chi connectivity index (χ1v) is 6.50. The summed E-state index contributed by atoms with van der Waals surface area (Å²) in [7, 11) is 0. The van der Waals surface area contributed by atoms with Gasteiger partial charge in [-0.1, -0.05) is 23.2 Å². The van der Waals surface area contributed by atoms with Gasteiger partial charge in [-0.25, -0.2) is 8.78 Å². The van der Waals surface area contributed by atoms with Gasteiger partial charge >= 0.3 is 0 Å². The van der Waals surface area contributed by atoms with Crippen LogP contribution in [0.4, 0.5) is 8.78 Å². The molecule has 0 aliphatic heterocycles. The third-order valence-corrected chi connectivity index (χ3v) is 3.28. The molecule has 0 amide bonds. The van der Waals surface area contributed by atoms with E-state index in [1.165, 1.54) is 10.9 Å². The van der Waals surface area contributed by atoms with Crippen LogP contribution in [0.3, 0.4) is 0 Å². The zero-order chi connectivity index (χ0) is 15.0. The molecule has 0 bridgehead atoms. The number of rotatable bonds is 3. The van der Waals surface area contributed by atoms with Gasteiger partial charge in [-0.2, -0.15) is 5.10 Å². The highest BCUT2D eigenvalue weighted by atomic mass is 35.5. The monoisotopic (exact) mass is 318 g/mol. The molecule has 3 nitrogen and oxygen atoms in total. The minimum atomic E-state index is -0.908. The lowest BCUT2D eigenvalue weighted by molar-refractivity contribution is 0.102. The van der Waals surface area contributed by atoms with Crippen LogP contribution >= 0.6 is 23.2 Å². The van der Waals surface area contributed by atoms with E-state index in [1.54, 1.807) is 13.8 Å². The lowest BCUT2D eigenvalue weighted by Gasteiger charge is -2.11. The highest BCUT2D eigenvalue weighted by Gasteiger charge is 2.24. The van der Waals surface area contributed by atoms with Crippen LogP contribution in [0.2, 0.25) is 10.0 Å². The molecule has 2 rings (SSSR count). The second-order valence-electron chi connectivity index (χ2n) is 4.45. The van der Waals surface area contributed by atoms with Crippen molar-refractivity contribution in [1.82, 2.24) is 9.78 Å². The summed E-state index contributed by atoms with van der Waals surface area (Å²) in [6.45, 7) is 3.58. The van der Waals surface area contributed by atoms with Gasteiger partial charge in [0.25, 0.3) is 0 Å². The van der Waals surface area contributed by atoms with Crippen molar-refractivity contribution in [3.63, 3.8) is 0 Å². The molecule has 20 heavy (non-hydrogen) atoms. The van der Waals surface area contributed by atoms with Crippen LogP contribution in [0.1, 0.15) is 35.9 Å². The second-order valence-corrected chi connectivity index (χ2v) is 5.27. The van der Waals surface area contributed by atoms with Crippen LogP contribution in [-0.2, 0) is 0 Å². The van der Waals surface area contributed by atoms with E-state index in [0.717, 1.165) is 12.1 Å². The van der Waals surface area contributed by atoms with Gasteiger partial charge in [0.05, 0.1) is 21.8 Å². The van der Waals surface area contributed by atoms with Gasteiger partial charge in [0.1, 0.15) is 17.3 Å². The fourth-order valence-electron chi connectivity index (χ4n) is 1.77. The molecule has 0 N–H and O–H groups in total. The van der Waals surface area contributed by atoms with Crippen molar-refractivity contribution in [2.45, 2.75) is 19.9 Å². The van der Waals surface area contributed by atoms with Crippen molar-refractivity contribution in [1.29, 1.82) is 0 Å². The van der Waals surface area contributed by atoms with Crippen molar-refractivity contribution >= 4 is 29.0 Å². The summed E-state index contributed by atoms with van der Waals surface area (Å²) in [6.07, 6.45) is 1.29. The summed E-state index contributed by atoms with van der Waals surface area (Å²) in [4.78, 5) is 12.3. The Labute approximate surface area is 124 Å². The summed E-state index contributed by atoms with van der Waals surface area (Å²) in [5.41, 5.74) is -0.418. The molecule has 0 spiro atoms. The average molecular weight is 319 g/mol. The van der Waals surface area contributed by atoms with Crippen LogP contribution in [-0.4, -0.2) is 15.6 Å². The summed E-state index contributed by atoms with van der Waals surface area (Å²) in [5.74, 6) is -2.52. The van der Waals surface area contributed by atoms with Gasteiger partial charge in [-0.05, 0) is 26.0 Å². The third kappa shape index (κ3) is 2.55. The van der Waals surface area contributed by atoms with Crippen LogP contribution < -0.4 is 0 Å². The van der Waals surface area contributed by atoms with Crippen LogP contribution in [0.15, 0.2) is 18.3 Å². The van der Waals surface area contributed by atoms with E-state index in [0.29, 0.717) is 0 Å². The first-order valence-electron chi connectivity index (χ1n) is 5.75. The van der Waals surface area contributed by atoms with E-state index < -0.39 is 23.0 Å². The topological polar surface area (TPSA) is 34.9 Å². The van der Waals surface area contributed by atoms with Crippen molar-refractivity contribution in [2.24, 2.45) is 0 Å². The zero-order valence-corrected chi connectivity index (χ0v) is 12.1. The summed E-state index contributed by atoms with van der Waals surface area (Å²) in [6, 6.07) is 1.36. The van der Waals surface area contributed by atoms with E-state index in [4.69, 9.17) is 23.2 Å². The lowest BCUT2D eigenvalue weighted by atomic mass is 10.1. The number of hydrogen-bond donors (Lipinski definition) is 0. The quantitative estimate of drug-likeness (QED) is 0.625. The Bertz CT molecular complexity index is 683. The lowest BCUT2D eigenvalue weighted by Crippen LogP contribution is -2.15. The van der Waals surface area contributed by atoms with E-state index in [2.05, 4.69) is 5.10 Å². The number of aromatic nitrogens is 2. The smallest absolute Gasteiger partial charge is 0.215 e.